The Hall–Kier alpha value is -2.62. The Labute approximate surface area is 168 Å². The molecule has 3 rings (SSSR count). The molecule has 1 amide bonds. The van der Waals surface area contributed by atoms with E-state index in [0.29, 0.717) is 27.7 Å². The highest BCUT2D eigenvalue weighted by atomic mass is 35.5. The van der Waals surface area contributed by atoms with Gasteiger partial charge in [-0.2, -0.15) is 0 Å². The number of hydrogen-bond donors (Lipinski definition) is 0. The fourth-order valence-electron chi connectivity index (χ4n) is 2.77. The van der Waals surface area contributed by atoms with Crippen LogP contribution in [0.25, 0.3) is 0 Å². The van der Waals surface area contributed by atoms with Crippen LogP contribution in [0.3, 0.4) is 0 Å². The van der Waals surface area contributed by atoms with Crippen molar-refractivity contribution in [3.8, 4) is 0 Å². The molecule has 0 unspecified atom stereocenters. The second-order valence-corrected chi connectivity index (χ2v) is 6.95. The molecule has 3 aromatic rings. The lowest BCUT2D eigenvalue weighted by atomic mass is 10.1. The highest BCUT2D eigenvalue weighted by molar-refractivity contribution is 6.37. The number of Topliss-reactive ketones (excluding diaryl/α,β-unsaturated/α-hetero) is 1. The van der Waals surface area contributed by atoms with Crippen LogP contribution < -0.4 is 4.90 Å². The molecule has 0 heterocycles. The van der Waals surface area contributed by atoms with E-state index >= 15 is 0 Å². The Morgan fingerprint density at radius 3 is 2.30 bits per heavy atom. The van der Waals surface area contributed by atoms with E-state index in [9.17, 15) is 9.59 Å². The SMILES string of the molecule is CC(=O)c1cccc(CN(C(=O)c2ccc(Cl)cc2Cl)c2ccccc2)c1. The maximum atomic E-state index is 13.2. The molecule has 3 nitrogen and oxygen atoms in total. The molecule has 27 heavy (non-hydrogen) atoms. The molecule has 0 saturated heterocycles. The average Bonchev–Trinajstić information content (AvgIpc) is 2.66. The lowest BCUT2D eigenvalue weighted by Gasteiger charge is -2.24. The number of ketones is 1. The van der Waals surface area contributed by atoms with Gasteiger partial charge in [0.1, 0.15) is 0 Å². The van der Waals surface area contributed by atoms with Crippen LogP contribution >= 0.6 is 23.2 Å². The Morgan fingerprint density at radius 2 is 1.63 bits per heavy atom. The summed E-state index contributed by atoms with van der Waals surface area (Å²) in [6.07, 6.45) is 0. The van der Waals surface area contributed by atoms with E-state index < -0.39 is 0 Å². The lowest BCUT2D eigenvalue weighted by molar-refractivity contribution is 0.0984. The third-order valence-corrected chi connectivity index (χ3v) is 4.70. The Balaban J connectivity index is 2.00. The minimum atomic E-state index is -0.240. The molecule has 0 aliphatic heterocycles. The van der Waals surface area contributed by atoms with E-state index in [0.717, 1.165) is 11.3 Å². The second-order valence-electron chi connectivity index (χ2n) is 6.11. The van der Waals surface area contributed by atoms with Crippen LogP contribution in [0.2, 0.25) is 10.0 Å². The summed E-state index contributed by atoms with van der Waals surface area (Å²) in [6.45, 7) is 1.83. The van der Waals surface area contributed by atoms with Gasteiger partial charge in [-0.25, -0.2) is 0 Å². The van der Waals surface area contributed by atoms with Gasteiger partial charge >= 0.3 is 0 Å². The third-order valence-electron chi connectivity index (χ3n) is 4.15. The van der Waals surface area contributed by atoms with Crippen molar-refractivity contribution in [2.24, 2.45) is 0 Å². The number of carbonyl (C=O) groups is 2. The number of halogens is 2. The molecule has 0 aliphatic carbocycles. The second kappa shape index (κ2) is 8.38. The molecule has 0 atom stereocenters. The van der Waals surface area contributed by atoms with E-state index in [1.165, 1.54) is 6.92 Å². The molecular formula is C22H17Cl2NO2. The number of hydrogen-bond acceptors (Lipinski definition) is 2. The number of amides is 1. The number of rotatable bonds is 5. The number of benzene rings is 3. The summed E-state index contributed by atoms with van der Waals surface area (Å²) in [5.74, 6) is -0.258. The smallest absolute Gasteiger partial charge is 0.260 e. The molecule has 0 bridgehead atoms. The van der Waals surface area contributed by atoms with Gasteiger partial charge in [-0.05, 0) is 48.9 Å². The van der Waals surface area contributed by atoms with Crippen LogP contribution in [0.5, 0.6) is 0 Å². The summed E-state index contributed by atoms with van der Waals surface area (Å²) < 4.78 is 0. The number of carbonyl (C=O) groups excluding carboxylic acids is 2. The van der Waals surface area contributed by atoms with Gasteiger partial charge in [-0.15, -0.1) is 0 Å². The van der Waals surface area contributed by atoms with Crippen LogP contribution in [0.1, 0.15) is 33.2 Å². The van der Waals surface area contributed by atoms with Crippen molar-refractivity contribution in [2.45, 2.75) is 13.5 Å². The van der Waals surface area contributed by atoms with Crippen molar-refractivity contribution in [1.82, 2.24) is 0 Å². The summed E-state index contributed by atoms with van der Waals surface area (Å²) >= 11 is 12.2. The predicted molar refractivity (Wildman–Crippen MR) is 110 cm³/mol. The van der Waals surface area contributed by atoms with Crippen LogP contribution in [0.4, 0.5) is 5.69 Å². The van der Waals surface area contributed by atoms with Gasteiger partial charge in [0.25, 0.3) is 5.91 Å². The van der Waals surface area contributed by atoms with Crippen molar-refractivity contribution in [1.29, 1.82) is 0 Å². The molecule has 0 aliphatic rings. The largest absolute Gasteiger partial charge is 0.304 e. The van der Waals surface area contributed by atoms with Crippen LogP contribution in [-0.2, 0) is 6.54 Å². The first kappa shape index (κ1) is 19.2. The molecule has 5 heteroatoms. The van der Waals surface area contributed by atoms with Gasteiger partial charge in [0, 0.05) is 16.3 Å². The fraction of sp³-hybridized carbons (Fsp3) is 0.0909. The minimum absolute atomic E-state index is 0.0183. The molecule has 0 spiro atoms. The molecule has 0 radical (unpaired) electrons. The maximum Gasteiger partial charge on any atom is 0.260 e. The number of nitrogens with zero attached hydrogens (tertiary/aromatic N) is 1. The standard InChI is InChI=1S/C22H17Cl2NO2/c1-15(26)17-7-5-6-16(12-17)14-25(19-8-3-2-4-9-19)22(27)20-11-10-18(23)13-21(20)24/h2-13H,14H2,1H3. The highest BCUT2D eigenvalue weighted by Crippen LogP contribution is 2.26. The molecule has 0 saturated carbocycles. The summed E-state index contributed by atoms with van der Waals surface area (Å²) in [4.78, 5) is 26.5. The van der Waals surface area contributed by atoms with Gasteiger partial charge < -0.3 is 4.90 Å². The zero-order chi connectivity index (χ0) is 19.4. The number of para-hydroxylation sites is 1. The Bertz CT molecular complexity index is 987. The zero-order valence-electron chi connectivity index (χ0n) is 14.7. The molecule has 0 fully saturated rings. The quantitative estimate of drug-likeness (QED) is 0.491. The summed E-state index contributed by atoms with van der Waals surface area (Å²) in [6, 6.07) is 21.4. The lowest BCUT2D eigenvalue weighted by Crippen LogP contribution is -2.30. The fourth-order valence-corrected chi connectivity index (χ4v) is 3.26. The molecule has 3 aromatic carbocycles. The first-order valence-corrected chi connectivity index (χ1v) is 9.13. The Morgan fingerprint density at radius 1 is 0.889 bits per heavy atom. The summed E-state index contributed by atoms with van der Waals surface area (Å²) in [7, 11) is 0. The molecule has 0 aromatic heterocycles. The first-order chi connectivity index (χ1) is 13.0. The average molecular weight is 398 g/mol. The van der Waals surface area contributed by atoms with Gasteiger partial charge in [0.05, 0.1) is 17.1 Å². The maximum absolute atomic E-state index is 13.2. The van der Waals surface area contributed by atoms with Gasteiger partial charge in [-0.3, -0.25) is 9.59 Å². The highest BCUT2D eigenvalue weighted by Gasteiger charge is 2.21. The van der Waals surface area contributed by atoms with Crippen molar-refractivity contribution >= 4 is 40.6 Å². The van der Waals surface area contributed by atoms with Crippen molar-refractivity contribution in [3.05, 3.63) is 99.5 Å². The van der Waals surface area contributed by atoms with E-state index in [2.05, 4.69) is 0 Å². The van der Waals surface area contributed by atoms with Gasteiger partial charge in [0.15, 0.2) is 5.78 Å². The zero-order valence-corrected chi connectivity index (χ0v) is 16.2. The van der Waals surface area contributed by atoms with E-state index in [-0.39, 0.29) is 11.7 Å². The van der Waals surface area contributed by atoms with Gasteiger partial charge in [0.2, 0.25) is 0 Å². The normalized spacial score (nSPS) is 10.5. The summed E-state index contributed by atoms with van der Waals surface area (Å²) in [5.41, 5.74) is 2.57. The predicted octanol–water partition coefficient (Wildman–Crippen LogP) is 6.04. The minimum Gasteiger partial charge on any atom is -0.304 e. The monoisotopic (exact) mass is 397 g/mol. The third kappa shape index (κ3) is 4.57. The van der Waals surface area contributed by atoms with Crippen LogP contribution in [0, 0.1) is 0 Å². The topological polar surface area (TPSA) is 37.4 Å². The Kier molecular flexibility index (Phi) is 5.94. The van der Waals surface area contributed by atoms with Crippen molar-refractivity contribution in [2.75, 3.05) is 4.90 Å². The molecule has 0 N–H and O–H groups in total. The first-order valence-electron chi connectivity index (χ1n) is 8.37. The van der Waals surface area contributed by atoms with E-state index in [1.54, 1.807) is 35.2 Å². The van der Waals surface area contributed by atoms with E-state index in [1.807, 2.05) is 42.5 Å². The van der Waals surface area contributed by atoms with Crippen molar-refractivity contribution < 1.29 is 9.59 Å². The van der Waals surface area contributed by atoms with Crippen LogP contribution in [0.15, 0.2) is 72.8 Å². The molecular weight excluding hydrogens is 381 g/mol. The molecule has 136 valence electrons. The van der Waals surface area contributed by atoms with Crippen LogP contribution in [-0.4, -0.2) is 11.7 Å². The number of anilines is 1. The summed E-state index contributed by atoms with van der Waals surface area (Å²) in [5, 5.41) is 0.767. The van der Waals surface area contributed by atoms with E-state index in [4.69, 9.17) is 23.2 Å². The van der Waals surface area contributed by atoms with Crippen molar-refractivity contribution in [3.63, 3.8) is 0 Å². The van der Waals surface area contributed by atoms with Gasteiger partial charge in [-0.1, -0.05) is 59.6 Å².